The summed E-state index contributed by atoms with van der Waals surface area (Å²) in [4.78, 5) is 10.2. The van der Waals surface area contributed by atoms with Gasteiger partial charge in [-0.15, -0.1) is 0 Å². The predicted molar refractivity (Wildman–Crippen MR) is 46.4 cm³/mol. The van der Waals surface area contributed by atoms with E-state index in [9.17, 15) is 4.79 Å². The van der Waals surface area contributed by atoms with E-state index in [1.54, 1.807) is 6.92 Å². The number of nitrogens with two attached hydrogens (primary N) is 1. The van der Waals surface area contributed by atoms with E-state index in [-0.39, 0.29) is 5.92 Å². The molecule has 0 spiro atoms. The first-order valence-electron chi connectivity index (χ1n) is 4.11. The van der Waals surface area contributed by atoms with Crippen LogP contribution >= 0.6 is 0 Å². The molecule has 0 heterocycles. The summed E-state index contributed by atoms with van der Waals surface area (Å²) >= 11 is 0. The Morgan fingerprint density at radius 3 is 2.27 bits per heavy atom. The van der Waals surface area contributed by atoms with E-state index in [4.69, 9.17) is 10.8 Å². The van der Waals surface area contributed by atoms with Crippen molar-refractivity contribution in [1.29, 1.82) is 0 Å². The van der Waals surface area contributed by atoms with Gasteiger partial charge in [-0.1, -0.05) is 20.8 Å². The standard InChI is InChI=1S/C6H13NO2.C2H6/c1-5(6(8)9)3-2-4-7;1-2/h5H,2-4,7H2,1H3,(H,8,9);1-2H3/t5-;/m0./s1. The topological polar surface area (TPSA) is 63.3 Å². The zero-order valence-corrected chi connectivity index (χ0v) is 7.63. The molecule has 0 aliphatic carbocycles. The quantitative estimate of drug-likeness (QED) is 0.656. The Hall–Kier alpha value is -0.570. The third-order valence-electron chi connectivity index (χ3n) is 1.26. The van der Waals surface area contributed by atoms with Crippen LogP contribution in [0.3, 0.4) is 0 Å². The molecule has 0 bridgehead atoms. The Morgan fingerprint density at radius 1 is 1.55 bits per heavy atom. The highest BCUT2D eigenvalue weighted by molar-refractivity contribution is 5.69. The number of carboxylic acid groups (broad SMARTS) is 1. The third kappa shape index (κ3) is 9.43. The zero-order chi connectivity index (χ0) is 9.28. The van der Waals surface area contributed by atoms with Crippen molar-refractivity contribution < 1.29 is 9.90 Å². The van der Waals surface area contributed by atoms with Crippen LogP contribution in [0.5, 0.6) is 0 Å². The molecule has 3 heteroatoms. The first-order chi connectivity index (χ1) is 5.18. The fourth-order valence-corrected chi connectivity index (χ4v) is 0.548. The molecule has 3 nitrogen and oxygen atoms in total. The van der Waals surface area contributed by atoms with E-state index in [1.165, 1.54) is 0 Å². The van der Waals surface area contributed by atoms with Crippen molar-refractivity contribution in [1.82, 2.24) is 0 Å². The van der Waals surface area contributed by atoms with Gasteiger partial charge in [0.25, 0.3) is 0 Å². The molecule has 0 amide bonds. The monoisotopic (exact) mass is 161 g/mol. The van der Waals surface area contributed by atoms with Gasteiger partial charge in [-0.05, 0) is 19.4 Å². The molecular formula is C8H19NO2. The van der Waals surface area contributed by atoms with Crippen LogP contribution in [-0.2, 0) is 4.79 Å². The summed E-state index contributed by atoms with van der Waals surface area (Å²) in [6.07, 6.45) is 1.49. The molecule has 0 aliphatic heterocycles. The number of carboxylic acids is 1. The molecule has 0 aromatic rings. The van der Waals surface area contributed by atoms with Crippen molar-refractivity contribution in [2.24, 2.45) is 11.7 Å². The average molecular weight is 161 g/mol. The van der Waals surface area contributed by atoms with Crippen LogP contribution < -0.4 is 5.73 Å². The fourth-order valence-electron chi connectivity index (χ4n) is 0.548. The Labute approximate surface area is 68.6 Å². The van der Waals surface area contributed by atoms with E-state index in [0.717, 1.165) is 6.42 Å². The lowest BCUT2D eigenvalue weighted by Gasteiger charge is -2.02. The smallest absolute Gasteiger partial charge is 0.306 e. The van der Waals surface area contributed by atoms with E-state index in [0.29, 0.717) is 13.0 Å². The van der Waals surface area contributed by atoms with Gasteiger partial charge in [0.2, 0.25) is 0 Å². The van der Waals surface area contributed by atoms with Crippen LogP contribution in [-0.4, -0.2) is 17.6 Å². The fraction of sp³-hybridized carbons (Fsp3) is 0.875. The van der Waals surface area contributed by atoms with E-state index < -0.39 is 5.97 Å². The lowest BCUT2D eigenvalue weighted by Crippen LogP contribution is -2.11. The molecule has 3 N–H and O–H groups in total. The number of carbonyl (C=O) groups is 1. The second-order valence-electron chi connectivity index (χ2n) is 2.17. The summed E-state index contributed by atoms with van der Waals surface area (Å²) in [6, 6.07) is 0. The number of aliphatic carboxylic acids is 1. The minimum atomic E-state index is -0.733. The first-order valence-corrected chi connectivity index (χ1v) is 4.11. The van der Waals surface area contributed by atoms with Crippen LogP contribution in [0.15, 0.2) is 0 Å². The van der Waals surface area contributed by atoms with Crippen molar-refractivity contribution in [2.75, 3.05) is 6.54 Å². The second kappa shape index (κ2) is 9.43. The summed E-state index contributed by atoms with van der Waals surface area (Å²) in [5.74, 6) is -0.975. The molecule has 68 valence electrons. The van der Waals surface area contributed by atoms with Crippen molar-refractivity contribution in [2.45, 2.75) is 33.6 Å². The van der Waals surface area contributed by atoms with Crippen LogP contribution in [0.1, 0.15) is 33.6 Å². The van der Waals surface area contributed by atoms with Gasteiger partial charge in [-0.3, -0.25) is 4.79 Å². The molecule has 0 aromatic carbocycles. The Balaban J connectivity index is 0. The van der Waals surface area contributed by atoms with Gasteiger partial charge in [0, 0.05) is 0 Å². The van der Waals surface area contributed by atoms with Gasteiger partial charge < -0.3 is 10.8 Å². The van der Waals surface area contributed by atoms with Gasteiger partial charge in [-0.2, -0.15) is 0 Å². The molecule has 11 heavy (non-hydrogen) atoms. The molecule has 0 aliphatic rings. The van der Waals surface area contributed by atoms with Crippen LogP contribution in [0, 0.1) is 5.92 Å². The maximum absolute atomic E-state index is 10.2. The lowest BCUT2D eigenvalue weighted by molar-refractivity contribution is -0.141. The Kier molecular flexibility index (Phi) is 11.2. The van der Waals surface area contributed by atoms with Gasteiger partial charge >= 0.3 is 5.97 Å². The molecule has 0 unspecified atom stereocenters. The summed E-state index contributed by atoms with van der Waals surface area (Å²) in [6.45, 7) is 6.27. The van der Waals surface area contributed by atoms with Crippen LogP contribution in [0.25, 0.3) is 0 Å². The van der Waals surface area contributed by atoms with E-state index >= 15 is 0 Å². The second-order valence-corrected chi connectivity index (χ2v) is 2.17. The largest absolute Gasteiger partial charge is 0.481 e. The highest BCUT2D eigenvalue weighted by Crippen LogP contribution is 2.03. The highest BCUT2D eigenvalue weighted by atomic mass is 16.4. The van der Waals surface area contributed by atoms with Gasteiger partial charge in [0.05, 0.1) is 5.92 Å². The average Bonchev–Trinajstić information content (AvgIpc) is 2.03. The maximum Gasteiger partial charge on any atom is 0.306 e. The SMILES string of the molecule is CC.C[C@@H](CCCN)C(=O)O. The van der Waals surface area contributed by atoms with Crippen molar-refractivity contribution in [3.63, 3.8) is 0 Å². The molecule has 0 radical (unpaired) electrons. The highest BCUT2D eigenvalue weighted by Gasteiger charge is 2.08. The maximum atomic E-state index is 10.2. The molecule has 0 saturated heterocycles. The van der Waals surface area contributed by atoms with Crippen molar-refractivity contribution >= 4 is 5.97 Å². The molecule has 1 atom stereocenters. The molecule has 0 rings (SSSR count). The zero-order valence-electron chi connectivity index (χ0n) is 7.63. The molecule has 0 saturated carbocycles. The van der Waals surface area contributed by atoms with E-state index in [1.807, 2.05) is 13.8 Å². The Bertz CT molecular complexity index is 94.1. The van der Waals surface area contributed by atoms with Crippen LogP contribution in [0.4, 0.5) is 0 Å². The van der Waals surface area contributed by atoms with Crippen molar-refractivity contribution in [3.05, 3.63) is 0 Å². The number of hydrogen-bond donors (Lipinski definition) is 2. The summed E-state index contributed by atoms with van der Waals surface area (Å²) in [7, 11) is 0. The molecular weight excluding hydrogens is 142 g/mol. The lowest BCUT2D eigenvalue weighted by atomic mass is 10.1. The summed E-state index contributed by atoms with van der Waals surface area (Å²) in [5.41, 5.74) is 5.18. The summed E-state index contributed by atoms with van der Waals surface area (Å²) in [5, 5.41) is 8.37. The minimum absolute atomic E-state index is 0.242. The predicted octanol–water partition coefficient (Wildman–Crippen LogP) is 1.47. The minimum Gasteiger partial charge on any atom is -0.481 e. The first kappa shape index (κ1) is 13.1. The number of hydrogen-bond acceptors (Lipinski definition) is 2. The van der Waals surface area contributed by atoms with Gasteiger partial charge in [-0.25, -0.2) is 0 Å². The number of rotatable bonds is 4. The van der Waals surface area contributed by atoms with Gasteiger partial charge in [0.1, 0.15) is 0 Å². The Morgan fingerprint density at radius 2 is 2.00 bits per heavy atom. The normalized spacial score (nSPS) is 11.3. The van der Waals surface area contributed by atoms with Crippen LogP contribution in [0.2, 0.25) is 0 Å². The van der Waals surface area contributed by atoms with E-state index in [2.05, 4.69) is 0 Å². The third-order valence-corrected chi connectivity index (χ3v) is 1.26. The van der Waals surface area contributed by atoms with Gasteiger partial charge in [0.15, 0.2) is 0 Å². The molecule has 0 aromatic heterocycles. The van der Waals surface area contributed by atoms with Crippen molar-refractivity contribution in [3.8, 4) is 0 Å². The molecule has 0 fully saturated rings. The summed E-state index contributed by atoms with van der Waals surface area (Å²) < 4.78 is 0.